The third-order valence-electron chi connectivity index (χ3n) is 5.82. The first kappa shape index (κ1) is 24.4. The molecule has 0 saturated carbocycles. The van der Waals surface area contributed by atoms with Gasteiger partial charge in [0.25, 0.3) is 5.60 Å². The average molecular weight is 414 g/mol. The van der Waals surface area contributed by atoms with E-state index in [-0.39, 0.29) is 23.4 Å². The van der Waals surface area contributed by atoms with E-state index in [9.17, 15) is 26.3 Å². The number of rotatable bonds is 7. The van der Waals surface area contributed by atoms with Crippen molar-refractivity contribution in [2.24, 2.45) is 5.41 Å². The normalized spacial score (nSPS) is 17.8. The highest BCUT2D eigenvalue weighted by molar-refractivity contribution is 5.58. The number of hydrogen-bond donors (Lipinski definition) is 2. The third-order valence-corrected chi connectivity index (χ3v) is 5.82. The molecule has 0 aliphatic rings. The minimum atomic E-state index is -5.70. The highest BCUT2D eigenvalue weighted by Gasteiger charge is 2.80. The smallest absolute Gasteiger partial charge is 0.399 e. The van der Waals surface area contributed by atoms with Crippen LogP contribution in [0.2, 0.25) is 0 Å². The second-order valence-corrected chi connectivity index (χ2v) is 7.39. The van der Waals surface area contributed by atoms with Gasteiger partial charge in [0.1, 0.15) is 0 Å². The first-order chi connectivity index (χ1) is 12.6. The largest absolute Gasteiger partial charge is 0.427 e. The maximum Gasteiger partial charge on any atom is 0.427 e. The third kappa shape index (κ3) is 3.90. The lowest BCUT2D eigenvalue weighted by atomic mass is 9.60. The molecule has 0 bridgehead atoms. The second-order valence-electron chi connectivity index (χ2n) is 7.39. The Balaban J connectivity index is 3.82. The molecule has 1 rings (SSSR count). The zero-order valence-electron chi connectivity index (χ0n) is 16.6. The van der Waals surface area contributed by atoms with E-state index >= 15 is 0 Å². The lowest BCUT2D eigenvalue weighted by molar-refractivity contribution is -0.424. The van der Waals surface area contributed by atoms with Crippen LogP contribution in [0.5, 0.6) is 0 Å². The molecule has 0 aliphatic carbocycles. The lowest BCUT2D eigenvalue weighted by Crippen LogP contribution is -2.69. The van der Waals surface area contributed by atoms with Crippen LogP contribution in [0.3, 0.4) is 0 Å². The van der Waals surface area contributed by atoms with Crippen LogP contribution in [-0.4, -0.2) is 24.1 Å². The van der Waals surface area contributed by atoms with Crippen molar-refractivity contribution in [2.45, 2.75) is 77.4 Å². The van der Waals surface area contributed by atoms with Gasteiger partial charge in [0, 0.05) is 16.8 Å². The van der Waals surface area contributed by atoms with Crippen molar-refractivity contribution in [3.63, 3.8) is 0 Å². The summed E-state index contributed by atoms with van der Waals surface area (Å²) in [6.45, 7) is 6.21. The first-order valence-corrected chi connectivity index (χ1v) is 9.05. The van der Waals surface area contributed by atoms with Crippen LogP contribution in [0.1, 0.15) is 58.9 Å². The molecular weight excluding hydrogens is 386 g/mol. The molecule has 0 heterocycles. The van der Waals surface area contributed by atoms with Gasteiger partial charge in [0.15, 0.2) is 0 Å². The quantitative estimate of drug-likeness (QED) is 0.422. The van der Waals surface area contributed by atoms with Crippen molar-refractivity contribution in [1.82, 2.24) is 0 Å². The zero-order chi connectivity index (χ0) is 22.1. The van der Waals surface area contributed by atoms with Crippen molar-refractivity contribution in [3.8, 4) is 0 Å². The Kier molecular flexibility index (Phi) is 6.97. The van der Waals surface area contributed by atoms with Gasteiger partial charge >= 0.3 is 12.4 Å². The van der Waals surface area contributed by atoms with Crippen LogP contribution in [0.25, 0.3) is 0 Å². The Bertz CT molecular complexity index is 659. The van der Waals surface area contributed by atoms with E-state index in [0.717, 1.165) is 6.92 Å². The van der Waals surface area contributed by atoms with Crippen LogP contribution >= 0.6 is 0 Å². The van der Waals surface area contributed by atoms with Crippen molar-refractivity contribution in [2.75, 3.05) is 11.5 Å². The molecule has 28 heavy (non-hydrogen) atoms. The number of alkyl halides is 6. The maximum absolute atomic E-state index is 14.2. The summed E-state index contributed by atoms with van der Waals surface area (Å²) in [7, 11) is 0. The SMILES string of the molecule is CCC(C)OC(C(F)(F)F)(C(F)(F)F)C(C)(CC)C(C)c1ccc(N)cc1N. The summed E-state index contributed by atoms with van der Waals surface area (Å²) in [4.78, 5) is 0. The van der Waals surface area contributed by atoms with E-state index in [0.29, 0.717) is 0 Å². The number of halogens is 6. The number of anilines is 2. The number of nitrogens with two attached hydrogens (primary N) is 2. The predicted molar refractivity (Wildman–Crippen MR) is 97.8 cm³/mol. The first-order valence-electron chi connectivity index (χ1n) is 9.05. The van der Waals surface area contributed by atoms with Crippen LogP contribution in [0.15, 0.2) is 18.2 Å². The average Bonchev–Trinajstić information content (AvgIpc) is 2.55. The molecule has 4 N–H and O–H groups in total. The molecule has 0 radical (unpaired) electrons. The second kappa shape index (κ2) is 8.00. The molecule has 0 aliphatic heterocycles. The van der Waals surface area contributed by atoms with Gasteiger partial charge in [-0.1, -0.05) is 33.8 Å². The molecule has 0 amide bonds. The topological polar surface area (TPSA) is 61.3 Å². The van der Waals surface area contributed by atoms with E-state index in [1.54, 1.807) is 0 Å². The van der Waals surface area contributed by atoms with E-state index in [1.807, 2.05) is 0 Å². The van der Waals surface area contributed by atoms with E-state index in [1.165, 1.54) is 45.9 Å². The Morgan fingerprint density at radius 3 is 1.82 bits per heavy atom. The Morgan fingerprint density at radius 2 is 1.46 bits per heavy atom. The highest BCUT2D eigenvalue weighted by Crippen LogP contribution is 2.62. The molecule has 9 heteroatoms. The predicted octanol–water partition coefficient (Wildman–Crippen LogP) is 6.05. The van der Waals surface area contributed by atoms with Gasteiger partial charge in [-0.05, 0) is 43.4 Å². The summed E-state index contributed by atoms with van der Waals surface area (Å²) in [6.07, 6.45) is -13.1. The molecule has 0 saturated heterocycles. The van der Waals surface area contributed by atoms with E-state index in [4.69, 9.17) is 16.2 Å². The molecule has 0 aromatic heterocycles. The molecule has 0 fully saturated rings. The van der Waals surface area contributed by atoms with Crippen LogP contribution in [-0.2, 0) is 4.74 Å². The fraction of sp³-hybridized carbons (Fsp3) is 0.684. The van der Waals surface area contributed by atoms with Gasteiger partial charge in [0.2, 0.25) is 0 Å². The van der Waals surface area contributed by atoms with Crippen molar-refractivity contribution in [1.29, 1.82) is 0 Å². The fourth-order valence-electron chi connectivity index (χ4n) is 3.65. The minimum Gasteiger partial charge on any atom is -0.399 e. The monoisotopic (exact) mass is 414 g/mol. The van der Waals surface area contributed by atoms with Crippen LogP contribution < -0.4 is 11.5 Å². The maximum atomic E-state index is 14.2. The number of nitrogen functional groups attached to an aromatic ring is 2. The Hall–Kier alpha value is -1.64. The molecule has 0 spiro atoms. The standard InChI is InChI=1S/C19H28F6N2O/c1-6-11(3)28-17(18(20,21)22,19(23,24)25)16(5,7-2)12(4)14-9-8-13(26)10-15(14)27/h8-12H,6-7,26-27H2,1-5H3. The molecule has 3 nitrogen and oxygen atoms in total. The number of hydrogen-bond acceptors (Lipinski definition) is 3. The molecule has 162 valence electrons. The van der Waals surface area contributed by atoms with E-state index in [2.05, 4.69) is 0 Å². The Morgan fingerprint density at radius 1 is 0.964 bits per heavy atom. The summed E-state index contributed by atoms with van der Waals surface area (Å²) >= 11 is 0. The summed E-state index contributed by atoms with van der Waals surface area (Å²) in [5, 5.41) is 0. The molecule has 3 atom stereocenters. The van der Waals surface area contributed by atoms with Crippen LogP contribution in [0.4, 0.5) is 37.7 Å². The van der Waals surface area contributed by atoms with Crippen molar-refractivity contribution >= 4 is 11.4 Å². The van der Waals surface area contributed by atoms with Gasteiger partial charge in [-0.3, -0.25) is 0 Å². The molecule has 1 aromatic carbocycles. The molecule has 3 unspecified atom stereocenters. The van der Waals surface area contributed by atoms with Crippen molar-refractivity contribution < 1.29 is 31.1 Å². The minimum absolute atomic E-state index is 0.00784. The molecular formula is C19H28F6N2O. The van der Waals surface area contributed by atoms with Gasteiger partial charge in [-0.2, -0.15) is 26.3 Å². The highest BCUT2D eigenvalue weighted by atomic mass is 19.4. The lowest BCUT2D eigenvalue weighted by Gasteiger charge is -2.53. The zero-order valence-corrected chi connectivity index (χ0v) is 16.6. The summed E-state index contributed by atoms with van der Waals surface area (Å²) < 4.78 is 90.0. The summed E-state index contributed by atoms with van der Waals surface area (Å²) in [5.41, 5.74) is 5.19. The fourth-order valence-corrected chi connectivity index (χ4v) is 3.65. The molecule has 1 aromatic rings. The summed E-state index contributed by atoms with van der Waals surface area (Å²) in [5.74, 6) is -1.23. The van der Waals surface area contributed by atoms with Crippen LogP contribution in [0, 0.1) is 5.41 Å². The number of benzene rings is 1. The number of ether oxygens (including phenoxy) is 1. The van der Waals surface area contributed by atoms with Crippen molar-refractivity contribution in [3.05, 3.63) is 23.8 Å². The van der Waals surface area contributed by atoms with E-state index < -0.39 is 41.8 Å². The Labute approximate surface area is 161 Å². The summed E-state index contributed by atoms with van der Waals surface area (Å²) in [6, 6.07) is 4.08. The van der Waals surface area contributed by atoms with Gasteiger partial charge in [0.05, 0.1) is 6.10 Å². The van der Waals surface area contributed by atoms with Gasteiger partial charge in [-0.15, -0.1) is 0 Å². The van der Waals surface area contributed by atoms with Gasteiger partial charge in [-0.25, -0.2) is 0 Å². The van der Waals surface area contributed by atoms with Gasteiger partial charge < -0.3 is 16.2 Å².